The van der Waals surface area contributed by atoms with Crippen LogP contribution in [0.2, 0.25) is 0 Å². The Kier molecular flexibility index (Phi) is 2.31. The largest absolute Gasteiger partial charge is 0.459 e. The molecule has 3 aliphatic heterocycles. The third-order valence-corrected chi connectivity index (χ3v) is 6.87. The van der Waals surface area contributed by atoms with Gasteiger partial charge in [0.25, 0.3) is 0 Å². The maximum Gasteiger partial charge on any atom is 0.333 e. The molecule has 0 N–H and O–H groups in total. The van der Waals surface area contributed by atoms with Gasteiger partial charge in [0.1, 0.15) is 12.2 Å². The highest BCUT2D eigenvalue weighted by Crippen LogP contribution is 2.72. The number of esters is 2. The lowest BCUT2D eigenvalue weighted by Crippen LogP contribution is -2.60. The third kappa shape index (κ3) is 1.32. The van der Waals surface area contributed by atoms with Crippen molar-refractivity contribution in [1.82, 2.24) is 0 Å². The first-order chi connectivity index (χ1) is 10.9. The van der Waals surface area contributed by atoms with Gasteiger partial charge in [-0.25, -0.2) is 4.79 Å². The zero-order valence-corrected chi connectivity index (χ0v) is 13.5. The van der Waals surface area contributed by atoms with Crippen molar-refractivity contribution >= 4 is 11.9 Å². The number of cyclic esters (lactones) is 1. The average Bonchev–Trinajstić information content (AvgIpc) is 3.17. The lowest BCUT2D eigenvalue weighted by Gasteiger charge is -2.53. The minimum Gasteiger partial charge on any atom is -0.459 e. The van der Waals surface area contributed by atoms with Crippen molar-refractivity contribution in [3.8, 4) is 0 Å². The van der Waals surface area contributed by atoms with E-state index in [2.05, 4.69) is 6.92 Å². The highest BCUT2D eigenvalue weighted by Gasteiger charge is 2.83. The summed E-state index contributed by atoms with van der Waals surface area (Å²) in [5.41, 5.74) is -0.654. The fourth-order valence-corrected chi connectivity index (χ4v) is 5.97. The SMILES string of the molecule is CO[C@H]1OC(=O)C=C2C13OC3[C@H]1OC(=O)C3(C)CCC[C@@]2(C)[C@@H]13. The first kappa shape index (κ1) is 14.0. The minimum absolute atomic E-state index is 0.0338. The molecule has 6 heteroatoms. The molecule has 23 heavy (non-hydrogen) atoms. The van der Waals surface area contributed by atoms with E-state index in [4.69, 9.17) is 18.9 Å². The zero-order valence-electron chi connectivity index (χ0n) is 13.5. The Hall–Kier alpha value is -1.40. The second kappa shape index (κ2) is 3.81. The van der Waals surface area contributed by atoms with Crippen LogP contribution in [0.15, 0.2) is 11.6 Å². The lowest BCUT2D eigenvalue weighted by atomic mass is 9.48. The highest BCUT2D eigenvalue weighted by molar-refractivity contribution is 5.87. The topological polar surface area (TPSA) is 74.4 Å². The van der Waals surface area contributed by atoms with Crippen molar-refractivity contribution in [2.45, 2.75) is 57.2 Å². The van der Waals surface area contributed by atoms with Gasteiger partial charge in [0.05, 0.1) is 5.41 Å². The van der Waals surface area contributed by atoms with Crippen molar-refractivity contribution in [2.75, 3.05) is 7.11 Å². The van der Waals surface area contributed by atoms with E-state index in [0.29, 0.717) is 0 Å². The van der Waals surface area contributed by atoms with Crippen LogP contribution < -0.4 is 0 Å². The Labute approximate surface area is 134 Å². The quantitative estimate of drug-likeness (QED) is 0.536. The van der Waals surface area contributed by atoms with Crippen LogP contribution in [-0.2, 0) is 28.5 Å². The molecule has 3 unspecified atom stereocenters. The summed E-state index contributed by atoms with van der Waals surface area (Å²) in [4.78, 5) is 24.6. The molecule has 5 aliphatic rings. The van der Waals surface area contributed by atoms with Gasteiger partial charge in [-0.2, -0.15) is 0 Å². The molecule has 1 spiro atoms. The van der Waals surface area contributed by atoms with Gasteiger partial charge >= 0.3 is 11.9 Å². The average molecular weight is 320 g/mol. The number of fused-ring (bicyclic) bond motifs is 2. The highest BCUT2D eigenvalue weighted by atomic mass is 16.8. The summed E-state index contributed by atoms with van der Waals surface area (Å²) in [7, 11) is 1.51. The molecular formula is C17H20O6. The van der Waals surface area contributed by atoms with E-state index >= 15 is 0 Å². The summed E-state index contributed by atoms with van der Waals surface area (Å²) < 4.78 is 22.6. The Bertz CT molecular complexity index is 670. The molecule has 0 radical (unpaired) electrons. The van der Waals surface area contributed by atoms with E-state index in [1.54, 1.807) is 6.08 Å². The van der Waals surface area contributed by atoms with Gasteiger partial charge in [0.15, 0.2) is 5.60 Å². The van der Waals surface area contributed by atoms with Crippen molar-refractivity contribution in [3.05, 3.63) is 11.6 Å². The first-order valence-electron chi connectivity index (χ1n) is 8.23. The molecule has 6 nitrogen and oxygen atoms in total. The van der Waals surface area contributed by atoms with Crippen LogP contribution in [0.25, 0.3) is 0 Å². The molecule has 4 fully saturated rings. The number of ether oxygens (including phenoxy) is 4. The number of rotatable bonds is 1. The number of hydrogen-bond acceptors (Lipinski definition) is 6. The molecule has 5 rings (SSSR count). The van der Waals surface area contributed by atoms with Crippen LogP contribution in [0.5, 0.6) is 0 Å². The van der Waals surface area contributed by atoms with Crippen LogP contribution >= 0.6 is 0 Å². The molecule has 0 amide bonds. The van der Waals surface area contributed by atoms with E-state index in [-0.39, 0.29) is 29.5 Å². The van der Waals surface area contributed by atoms with E-state index < -0.39 is 23.3 Å². The standard InChI is InChI=1S/C17H20O6/c1-15-5-4-6-16(2)11(15)10(22-13(16)19)12-17(23-12)8(15)7-9(18)21-14(17)20-3/h7,10-12,14H,4-6H2,1-3H3/t10-,11+,12?,14-,15+,16?,17?/m0/s1. The van der Waals surface area contributed by atoms with Crippen LogP contribution in [0.3, 0.4) is 0 Å². The molecule has 2 saturated heterocycles. The minimum atomic E-state index is -0.776. The molecule has 2 aliphatic carbocycles. The summed E-state index contributed by atoms with van der Waals surface area (Å²) in [6.45, 7) is 4.14. The number of carbonyl (C=O) groups is 2. The summed E-state index contributed by atoms with van der Waals surface area (Å²) in [6.07, 6.45) is 2.89. The van der Waals surface area contributed by atoms with Gasteiger partial charge in [-0.1, -0.05) is 13.3 Å². The number of carbonyl (C=O) groups excluding carboxylic acids is 2. The van der Waals surface area contributed by atoms with Crippen molar-refractivity contribution < 1.29 is 28.5 Å². The monoisotopic (exact) mass is 320 g/mol. The van der Waals surface area contributed by atoms with E-state index in [9.17, 15) is 9.59 Å². The maximum atomic E-state index is 12.6. The van der Waals surface area contributed by atoms with E-state index in [0.717, 1.165) is 24.8 Å². The molecule has 0 bridgehead atoms. The smallest absolute Gasteiger partial charge is 0.333 e. The van der Waals surface area contributed by atoms with Gasteiger partial charge in [0, 0.05) is 19.1 Å². The second-order valence-corrected chi connectivity index (χ2v) is 7.93. The Morgan fingerprint density at radius 1 is 1.17 bits per heavy atom. The molecule has 0 aromatic heterocycles. The zero-order chi connectivity index (χ0) is 16.2. The van der Waals surface area contributed by atoms with Gasteiger partial charge < -0.3 is 18.9 Å². The number of epoxide rings is 1. The fourth-order valence-electron chi connectivity index (χ4n) is 5.97. The van der Waals surface area contributed by atoms with Gasteiger partial charge in [-0.3, -0.25) is 4.79 Å². The molecular weight excluding hydrogens is 300 g/mol. The van der Waals surface area contributed by atoms with Gasteiger partial charge in [0.2, 0.25) is 6.29 Å². The van der Waals surface area contributed by atoms with Gasteiger partial charge in [-0.15, -0.1) is 0 Å². The van der Waals surface area contributed by atoms with E-state index in [1.165, 1.54) is 7.11 Å². The van der Waals surface area contributed by atoms with Crippen LogP contribution in [0, 0.1) is 16.7 Å². The second-order valence-electron chi connectivity index (χ2n) is 7.93. The molecule has 0 aromatic carbocycles. The number of methoxy groups -OCH3 is 1. The van der Waals surface area contributed by atoms with Crippen LogP contribution in [0.1, 0.15) is 33.1 Å². The normalized spacial score (nSPS) is 55.9. The van der Waals surface area contributed by atoms with E-state index in [1.807, 2.05) is 6.92 Å². The van der Waals surface area contributed by atoms with Crippen molar-refractivity contribution in [1.29, 1.82) is 0 Å². The van der Waals surface area contributed by atoms with Crippen LogP contribution in [-0.4, -0.2) is 43.1 Å². The maximum absolute atomic E-state index is 12.6. The molecule has 3 heterocycles. The summed E-state index contributed by atoms with van der Waals surface area (Å²) in [5.74, 6) is -0.500. The summed E-state index contributed by atoms with van der Waals surface area (Å²) in [6, 6.07) is 0. The van der Waals surface area contributed by atoms with Crippen LogP contribution in [0.4, 0.5) is 0 Å². The third-order valence-electron chi connectivity index (χ3n) is 6.87. The fraction of sp³-hybridized carbons (Fsp3) is 0.765. The Balaban J connectivity index is 1.73. The predicted octanol–water partition coefficient (Wildman–Crippen LogP) is 1.33. The molecule has 124 valence electrons. The molecule has 7 atom stereocenters. The number of hydrogen-bond donors (Lipinski definition) is 0. The lowest BCUT2D eigenvalue weighted by molar-refractivity contribution is -0.187. The predicted molar refractivity (Wildman–Crippen MR) is 76.0 cm³/mol. The summed E-state index contributed by atoms with van der Waals surface area (Å²) in [5, 5.41) is 0. The first-order valence-corrected chi connectivity index (χ1v) is 8.23. The van der Waals surface area contributed by atoms with Crippen molar-refractivity contribution in [2.24, 2.45) is 16.7 Å². The van der Waals surface area contributed by atoms with Crippen molar-refractivity contribution in [3.63, 3.8) is 0 Å². The summed E-state index contributed by atoms with van der Waals surface area (Å²) >= 11 is 0. The molecule has 0 aromatic rings. The molecule has 2 saturated carbocycles. The Morgan fingerprint density at radius 2 is 1.91 bits per heavy atom. The Morgan fingerprint density at radius 3 is 2.65 bits per heavy atom. The van der Waals surface area contributed by atoms with Gasteiger partial charge in [-0.05, 0) is 30.8 Å².